The lowest BCUT2D eigenvalue weighted by molar-refractivity contribution is -0.123. The Morgan fingerprint density at radius 2 is 0.815 bits per heavy atom. The van der Waals surface area contributed by atoms with Crippen LogP contribution in [0.25, 0.3) is 0 Å². The Hall–Kier alpha value is -2.17. The molecule has 2 atom stereocenters. The van der Waals surface area contributed by atoms with E-state index >= 15 is 0 Å². The molecule has 1 amide bonds. The van der Waals surface area contributed by atoms with Crippen LogP contribution in [0.2, 0.25) is 0 Å². The first-order valence-corrected chi connectivity index (χ1v) is 23.2. The van der Waals surface area contributed by atoms with E-state index in [0.717, 1.165) is 57.8 Å². The maximum absolute atomic E-state index is 12.3. The van der Waals surface area contributed by atoms with Crippen LogP contribution in [-0.2, 0) is 4.79 Å². The molecule has 0 aliphatic heterocycles. The van der Waals surface area contributed by atoms with Crippen molar-refractivity contribution in [2.24, 2.45) is 0 Å². The molecule has 2 unspecified atom stereocenters. The molecule has 0 fully saturated rings. The van der Waals surface area contributed by atoms with E-state index in [1.165, 1.54) is 141 Å². The van der Waals surface area contributed by atoms with Gasteiger partial charge in [0, 0.05) is 6.42 Å². The number of carbonyl (C=O) groups excluding carboxylic acids is 1. The van der Waals surface area contributed by atoms with Crippen molar-refractivity contribution in [3.05, 3.63) is 72.9 Å². The van der Waals surface area contributed by atoms with Gasteiger partial charge in [-0.15, -0.1) is 0 Å². The molecule has 0 aromatic carbocycles. The van der Waals surface area contributed by atoms with Gasteiger partial charge in [0.2, 0.25) is 5.91 Å². The molecule has 4 nitrogen and oxygen atoms in total. The molecule has 0 aromatic rings. The van der Waals surface area contributed by atoms with Gasteiger partial charge in [0.25, 0.3) is 0 Å². The molecule has 0 aliphatic carbocycles. The maximum Gasteiger partial charge on any atom is 0.220 e. The number of nitrogens with one attached hydrogen (secondary N) is 1. The quantitative estimate of drug-likeness (QED) is 0.0430. The van der Waals surface area contributed by atoms with Crippen molar-refractivity contribution in [1.29, 1.82) is 0 Å². The highest BCUT2D eigenvalue weighted by Crippen LogP contribution is 2.15. The lowest BCUT2D eigenvalue weighted by atomic mass is 10.0. The van der Waals surface area contributed by atoms with Gasteiger partial charge in [-0.3, -0.25) is 4.79 Å². The molecule has 0 saturated carbocycles. The molecule has 0 rings (SSSR count). The number of hydrogen-bond acceptors (Lipinski definition) is 3. The van der Waals surface area contributed by atoms with Crippen LogP contribution in [0.5, 0.6) is 0 Å². The molecule has 0 aromatic heterocycles. The molecule has 0 aliphatic rings. The van der Waals surface area contributed by atoms with Crippen LogP contribution in [0.15, 0.2) is 72.9 Å². The average molecular weight is 752 g/mol. The Morgan fingerprint density at radius 1 is 0.463 bits per heavy atom. The van der Waals surface area contributed by atoms with Gasteiger partial charge in [0.15, 0.2) is 0 Å². The van der Waals surface area contributed by atoms with Gasteiger partial charge in [-0.1, -0.05) is 222 Å². The molecule has 0 spiro atoms. The Morgan fingerprint density at radius 3 is 1.22 bits per heavy atom. The SMILES string of the molecule is CC/C=C\C/C=C\C/C=C\C/C=C\C/C=C\CCCCCCCCCCCCCCCCCCCC(=O)NC(CO)C(O)/C=C/CCCCCCCCC. The molecule has 54 heavy (non-hydrogen) atoms. The highest BCUT2D eigenvalue weighted by atomic mass is 16.3. The van der Waals surface area contributed by atoms with Crippen LogP contribution in [-0.4, -0.2) is 34.9 Å². The summed E-state index contributed by atoms with van der Waals surface area (Å²) in [6.07, 6.45) is 64.6. The molecule has 3 N–H and O–H groups in total. The van der Waals surface area contributed by atoms with Crippen molar-refractivity contribution in [1.82, 2.24) is 5.32 Å². The summed E-state index contributed by atoms with van der Waals surface area (Å²) in [7, 11) is 0. The minimum absolute atomic E-state index is 0.0679. The molecular formula is C50H89NO3. The number of aliphatic hydroxyl groups excluding tert-OH is 2. The lowest BCUT2D eigenvalue weighted by Crippen LogP contribution is -2.45. The van der Waals surface area contributed by atoms with Crippen LogP contribution in [0.4, 0.5) is 0 Å². The van der Waals surface area contributed by atoms with E-state index in [1.807, 2.05) is 6.08 Å². The van der Waals surface area contributed by atoms with Gasteiger partial charge in [-0.25, -0.2) is 0 Å². The molecule has 0 radical (unpaired) electrons. The molecule has 0 bridgehead atoms. The smallest absolute Gasteiger partial charge is 0.220 e. The fourth-order valence-corrected chi connectivity index (χ4v) is 6.68. The minimum Gasteiger partial charge on any atom is -0.394 e. The van der Waals surface area contributed by atoms with E-state index in [1.54, 1.807) is 6.08 Å². The van der Waals surface area contributed by atoms with Crippen molar-refractivity contribution in [2.45, 2.75) is 231 Å². The Kier molecular flexibility index (Phi) is 43.4. The summed E-state index contributed by atoms with van der Waals surface area (Å²) in [4.78, 5) is 12.3. The van der Waals surface area contributed by atoms with E-state index in [0.29, 0.717) is 6.42 Å². The largest absolute Gasteiger partial charge is 0.394 e. The van der Waals surface area contributed by atoms with Gasteiger partial charge >= 0.3 is 0 Å². The number of rotatable bonds is 41. The van der Waals surface area contributed by atoms with Gasteiger partial charge in [0.05, 0.1) is 18.8 Å². The number of aliphatic hydroxyl groups is 2. The average Bonchev–Trinajstić information content (AvgIpc) is 3.18. The van der Waals surface area contributed by atoms with Crippen molar-refractivity contribution in [3.8, 4) is 0 Å². The zero-order chi connectivity index (χ0) is 39.3. The van der Waals surface area contributed by atoms with E-state index < -0.39 is 12.1 Å². The molecule has 312 valence electrons. The summed E-state index contributed by atoms with van der Waals surface area (Å²) in [5, 5.41) is 22.9. The third-order valence-electron chi connectivity index (χ3n) is 10.2. The Labute approximate surface area is 336 Å². The van der Waals surface area contributed by atoms with Crippen LogP contribution in [0, 0.1) is 0 Å². The first kappa shape index (κ1) is 51.8. The van der Waals surface area contributed by atoms with Crippen molar-refractivity contribution >= 4 is 5.91 Å². The lowest BCUT2D eigenvalue weighted by Gasteiger charge is -2.20. The minimum atomic E-state index is -0.838. The number of unbranched alkanes of at least 4 members (excludes halogenated alkanes) is 24. The van der Waals surface area contributed by atoms with Crippen LogP contribution >= 0.6 is 0 Å². The van der Waals surface area contributed by atoms with E-state index in [4.69, 9.17) is 0 Å². The fraction of sp³-hybridized carbons (Fsp3) is 0.740. The predicted octanol–water partition coefficient (Wildman–Crippen LogP) is 14.7. The summed E-state index contributed by atoms with van der Waals surface area (Å²) < 4.78 is 0. The normalized spacial score (nSPS) is 13.6. The van der Waals surface area contributed by atoms with Crippen molar-refractivity contribution < 1.29 is 15.0 Å². The van der Waals surface area contributed by atoms with E-state index in [2.05, 4.69) is 79.9 Å². The highest BCUT2D eigenvalue weighted by molar-refractivity contribution is 5.76. The Balaban J connectivity index is 3.46. The first-order valence-electron chi connectivity index (χ1n) is 23.2. The molecule has 4 heteroatoms. The second-order valence-electron chi connectivity index (χ2n) is 15.4. The molecule has 0 saturated heterocycles. The first-order chi connectivity index (χ1) is 26.7. The number of amides is 1. The Bertz CT molecular complexity index is 946. The summed E-state index contributed by atoms with van der Waals surface area (Å²) in [5.41, 5.74) is 0. The van der Waals surface area contributed by atoms with Crippen LogP contribution < -0.4 is 5.32 Å². The number of hydrogen-bond donors (Lipinski definition) is 3. The fourth-order valence-electron chi connectivity index (χ4n) is 6.68. The topological polar surface area (TPSA) is 69.6 Å². The van der Waals surface area contributed by atoms with Crippen LogP contribution in [0.3, 0.4) is 0 Å². The van der Waals surface area contributed by atoms with E-state index in [9.17, 15) is 15.0 Å². The van der Waals surface area contributed by atoms with Gasteiger partial charge in [-0.2, -0.15) is 0 Å². The highest BCUT2D eigenvalue weighted by Gasteiger charge is 2.17. The summed E-state index contributed by atoms with van der Waals surface area (Å²) in [5.74, 6) is -0.0679. The second kappa shape index (κ2) is 45.2. The molecular weight excluding hydrogens is 663 g/mol. The summed E-state index contributed by atoms with van der Waals surface area (Å²) in [6.45, 7) is 4.16. The monoisotopic (exact) mass is 752 g/mol. The van der Waals surface area contributed by atoms with Gasteiger partial charge in [-0.05, 0) is 64.2 Å². The third-order valence-corrected chi connectivity index (χ3v) is 10.2. The standard InChI is InChI=1S/C50H89NO3/c1-3-5-7-9-11-13-14-15-16-17-18-19-20-21-22-23-24-25-26-27-28-29-30-31-32-33-34-35-36-38-40-42-44-46-50(54)51-48(47-52)49(53)45-43-41-39-37-12-10-8-6-4-2/h5,7,11,13,15-16,18-19,21-22,43,45,48-49,52-53H,3-4,6,8-10,12,14,17,20,23-42,44,46-47H2,1-2H3,(H,51,54)/b7-5-,13-11-,16-15-,19-18-,22-21-,45-43+. The van der Waals surface area contributed by atoms with Gasteiger partial charge in [0.1, 0.15) is 0 Å². The van der Waals surface area contributed by atoms with Crippen LogP contribution in [0.1, 0.15) is 219 Å². The van der Waals surface area contributed by atoms with Crippen molar-refractivity contribution in [3.63, 3.8) is 0 Å². The number of carbonyl (C=O) groups is 1. The zero-order valence-corrected chi connectivity index (χ0v) is 35.7. The maximum atomic E-state index is 12.3. The summed E-state index contributed by atoms with van der Waals surface area (Å²) >= 11 is 0. The second-order valence-corrected chi connectivity index (χ2v) is 15.4. The van der Waals surface area contributed by atoms with Gasteiger partial charge < -0.3 is 15.5 Å². The van der Waals surface area contributed by atoms with Crippen molar-refractivity contribution in [2.75, 3.05) is 6.61 Å². The van der Waals surface area contributed by atoms with E-state index in [-0.39, 0.29) is 12.5 Å². The third kappa shape index (κ3) is 41.0. The predicted molar refractivity (Wildman–Crippen MR) is 239 cm³/mol. The zero-order valence-electron chi connectivity index (χ0n) is 35.7. The molecule has 0 heterocycles. The number of allylic oxidation sites excluding steroid dienone is 11. The summed E-state index contributed by atoms with van der Waals surface area (Å²) in [6, 6.07) is -0.621.